The van der Waals surface area contributed by atoms with Crippen LogP contribution in [0.4, 0.5) is 0 Å². The highest BCUT2D eigenvalue weighted by Crippen LogP contribution is 2.43. The summed E-state index contributed by atoms with van der Waals surface area (Å²) in [7, 11) is 0. The van der Waals surface area contributed by atoms with Crippen LogP contribution in [-0.2, 0) is 23.4 Å². The Morgan fingerprint density at radius 1 is 1.19 bits per heavy atom. The van der Waals surface area contributed by atoms with Crippen molar-refractivity contribution in [2.24, 2.45) is 0 Å². The van der Waals surface area contributed by atoms with Crippen LogP contribution in [0.3, 0.4) is 0 Å². The van der Waals surface area contributed by atoms with E-state index in [0.717, 1.165) is 48.8 Å². The van der Waals surface area contributed by atoms with Gasteiger partial charge >= 0.3 is 5.97 Å². The van der Waals surface area contributed by atoms with Gasteiger partial charge in [-0.15, -0.1) is 17.3 Å². The maximum absolute atomic E-state index is 11.1. The summed E-state index contributed by atoms with van der Waals surface area (Å²) in [6.45, 7) is 5.24. The number of piperidine rings is 1. The standard InChI is InChI=1S/C30H30N2O3S/c1-2-5-24(18-29(33)34)22-8-10-25(11-9-22)35-21-28-31-19-26(36-28)20-32-16-14-30(15-17-32)13-12-23-6-3-4-7-27(23)30/h3-4,6-13,19,24H,14-18,20-21H2,1H3,(H,33,34)/t24-/m0/s1. The van der Waals surface area contributed by atoms with E-state index in [9.17, 15) is 4.79 Å². The zero-order valence-electron chi connectivity index (χ0n) is 20.4. The SMILES string of the molecule is CC#C[C@@H](CC(=O)O)c1ccc(OCc2ncc(CN3CCC4(C=Cc5ccccc54)CC3)s2)cc1. The number of hydrogen-bond donors (Lipinski definition) is 1. The number of nitrogens with zero attached hydrogens (tertiary/aromatic N) is 2. The molecule has 1 atom stereocenters. The van der Waals surface area contributed by atoms with Crippen LogP contribution in [0.5, 0.6) is 5.75 Å². The molecule has 5 rings (SSSR count). The van der Waals surface area contributed by atoms with Crippen LogP contribution in [0.1, 0.15) is 58.7 Å². The Balaban J connectivity index is 1.12. The van der Waals surface area contributed by atoms with Gasteiger partial charge in [0.2, 0.25) is 0 Å². The molecule has 2 heterocycles. The van der Waals surface area contributed by atoms with Gasteiger partial charge in [-0.1, -0.05) is 54.5 Å². The maximum atomic E-state index is 11.1. The molecule has 1 spiro atoms. The van der Waals surface area contributed by atoms with Crippen LogP contribution in [0.15, 0.2) is 60.8 Å². The first-order valence-corrected chi connectivity index (χ1v) is 13.2. The first-order chi connectivity index (χ1) is 17.5. The summed E-state index contributed by atoms with van der Waals surface area (Å²) in [5.74, 6) is 5.37. The molecule has 0 bridgehead atoms. The Kier molecular flexibility index (Phi) is 7.22. The van der Waals surface area contributed by atoms with Crippen molar-refractivity contribution in [3.8, 4) is 17.6 Å². The second kappa shape index (κ2) is 10.7. The summed E-state index contributed by atoms with van der Waals surface area (Å²) in [5, 5.41) is 10.1. The van der Waals surface area contributed by atoms with Crippen molar-refractivity contribution in [2.75, 3.05) is 13.1 Å². The monoisotopic (exact) mass is 498 g/mol. The van der Waals surface area contributed by atoms with Gasteiger partial charge in [0.05, 0.1) is 12.3 Å². The third-order valence-corrected chi connectivity index (χ3v) is 8.11. The van der Waals surface area contributed by atoms with Crippen molar-refractivity contribution < 1.29 is 14.6 Å². The van der Waals surface area contributed by atoms with E-state index < -0.39 is 5.97 Å². The van der Waals surface area contributed by atoms with E-state index in [4.69, 9.17) is 9.84 Å². The number of carbonyl (C=O) groups is 1. The molecule has 5 nitrogen and oxygen atoms in total. The van der Waals surface area contributed by atoms with Crippen LogP contribution in [-0.4, -0.2) is 34.0 Å². The number of carboxylic acids is 1. The van der Waals surface area contributed by atoms with Gasteiger partial charge in [0.15, 0.2) is 0 Å². The van der Waals surface area contributed by atoms with E-state index in [1.54, 1.807) is 18.3 Å². The molecule has 1 aromatic heterocycles. The molecule has 2 aliphatic rings. The van der Waals surface area contributed by atoms with Crippen molar-refractivity contribution in [1.29, 1.82) is 0 Å². The van der Waals surface area contributed by atoms with Gasteiger partial charge in [0.1, 0.15) is 17.4 Å². The highest BCUT2D eigenvalue weighted by Gasteiger charge is 2.37. The number of allylic oxidation sites excluding steroid dienone is 1. The van der Waals surface area contributed by atoms with Gasteiger partial charge in [0.25, 0.3) is 0 Å². The predicted molar refractivity (Wildman–Crippen MR) is 143 cm³/mol. The summed E-state index contributed by atoms with van der Waals surface area (Å²) in [6.07, 6.45) is 8.99. The molecular weight excluding hydrogens is 468 g/mol. The zero-order chi connectivity index (χ0) is 25.0. The molecular formula is C30H30N2O3S. The molecule has 1 aliphatic heterocycles. The zero-order valence-corrected chi connectivity index (χ0v) is 21.3. The smallest absolute Gasteiger partial charge is 0.304 e. The van der Waals surface area contributed by atoms with Crippen LogP contribution in [0.25, 0.3) is 6.08 Å². The third-order valence-electron chi connectivity index (χ3n) is 7.15. The molecule has 1 N–H and O–H groups in total. The number of carboxylic acid groups (broad SMARTS) is 1. The molecule has 3 aromatic rings. The first kappa shape index (κ1) is 24.3. The van der Waals surface area contributed by atoms with Gasteiger partial charge in [-0.25, -0.2) is 4.98 Å². The van der Waals surface area contributed by atoms with Gasteiger partial charge in [-0.2, -0.15) is 0 Å². The number of ether oxygens (including phenoxy) is 1. The fraction of sp³-hybridized carbons (Fsp3) is 0.333. The molecule has 1 fully saturated rings. The van der Waals surface area contributed by atoms with Crippen molar-refractivity contribution in [1.82, 2.24) is 9.88 Å². The van der Waals surface area contributed by atoms with E-state index in [0.29, 0.717) is 6.61 Å². The Hall–Kier alpha value is -3.40. The first-order valence-electron chi connectivity index (χ1n) is 12.4. The van der Waals surface area contributed by atoms with E-state index in [1.807, 2.05) is 30.5 Å². The summed E-state index contributed by atoms with van der Waals surface area (Å²) in [5.41, 5.74) is 3.97. The Bertz CT molecular complexity index is 1310. The molecule has 6 heteroatoms. The van der Waals surface area contributed by atoms with Crippen LogP contribution >= 0.6 is 11.3 Å². The average Bonchev–Trinajstić information content (AvgIpc) is 3.49. The van der Waals surface area contributed by atoms with Gasteiger partial charge in [-0.05, 0) is 61.7 Å². The Morgan fingerprint density at radius 2 is 1.97 bits per heavy atom. The number of thiazole rings is 1. The summed E-state index contributed by atoms with van der Waals surface area (Å²) in [4.78, 5) is 19.5. The van der Waals surface area contributed by atoms with E-state index in [2.05, 4.69) is 58.1 Å². The van der Waals surface area contributed by atoms with E-state index >= 15 is 0 Å². The number of likely N-dealkylation sites (tertiary alicyclic amines) is 1. The van der Waals surface area contributed by atoms with Crippen molar-refractivity contribution in [2.45, 2.75) is 50.7 Å². The molecule has 0 radical (unpaired) electrons. The van der Waals surface area contributed by atoms with Gasteiger partial charge < -0.3 is 9.84 Å². The Labute approximate surface area is 216 Å². The van der Waals surface area contributed by atoms with E-state index in [1.165, 1.54) is 16.0 Å². The molecule has 0 unspecified atom stereocenters. The minimum atomic E-state index is -0.854. The van der Waals surface area contributed by atoms with Crippen LogP contribution < -0.4 is 4.74 Å². The lowest BCUT2D eigenvalue weighted by molar-refractivity contribution is -0.137. The number of aliphatic carboxylic acids is 1. The Morgan fingerprint density at radius 3 is 2.72 bits per heavy atom. The fourth-order valence-corrected chi connectivity index (χ4v) is 6.11. The molecule has 2 aromatic carbocycles. The van der Waals surface area contributed by atoms with Crippen molar-refractivity contribution in [3.63, 3.8) is 0 Å². The number of benzene rings is 2. The summed E-state index contributed by atoms with van der Waals surface area (Å²) >= 11 is 1.70. The lowest BCUT2D eigenvalue weighted by atomic mass is 9.74. The van der Waals surface area contributed by atoms with Gasteiger partial charge in [-0.3, -0.25) is 9.69 Å². The maximum Gasteiger partial charge on any atom is 0.304 e. The molecule has 0 saturated carbocycles. The summed E-state index contributed by atoms with van der Waals surface area (Å²) in [6, 6.07) is 16.3. The normalized spacial score (nSPS) is 16.8. The molecule has 0 amide bonds. The van der Waals surface area contributed by atoms with Crippen molar-refractivity contribution >= 4 is 23.4 Å². The largest absolute Gasteiger partial charge is 0.486 e. The molecule has 36 heavy (non-hydrogen) atoms. The second-order valence-corrected chi connectivity index (χ2v) is 10.7. The average molecular weight is 499 g/mol. The topological polar surface area (TPSA) is 62.7 Å². The summed E-state index contributed by atoms with van der Waals surface area (Å²) < 4.78 is 5.94. The lowest BCUT2D eigenvalue weighted by Crippen LogP contribution is -2.40. The minimum absolute atomic E-state index is 0.00900. The second-order valence-electron chi connectivity index (χ2n) is 9.48. The lowest BCUT2D eigenvalue weighted by Gasteiger charge is -2.39. The predicted octanol–water partition coefficient (Wildman–Crippen LogP) is 5.86. The number of fused-ring (bicyclic) bond motifs is 2. The number of aromatic nitrogens is 1. The minimum Gasteiger partial charge on any atom is -0.486 e. The van der Waals surface area contributed by atoms with Crippen molar-refractivity contribution in [3.05, 3.63) is 87.4 Å². The molecule has 1 aliphatic carbocycles. The fourth-order valence-electron chi connectivity index (χ4n) is 5.23. The third kappa shape index (κ3) is 5.38. The quantitative estimate of drug-likeness (QED) is 0.394. The number of rotatable bonds is 8. The van der Waals surface area contributed by atoms with Crippen LogP contribution in [0, 0.1) is 11.8 Å². The van der Waals surface area contributed by atoms with Gasteiger partial charge in [0, 0.05) is 23.0 Å². The highest BCUT2D eigenvalue weighted by molar-refractivity contribution is 7.11. The van der Waals surface area contributed by atoms with E-state index in [-0.39, 0.29) is 17.8 Å². The van der Waals surface area contributed by atoms with Crippen LogP contribution in [0.2, 0.25) is 0 Å². The molecule has 1 saturated heterocycles. The molecule has 184 valence electrons. The number of hydrogen-bond acceptors (Lipinski definition) is 5. The highest BCUT2D eigenvalue weighted by atomic mass is 32.1.